The van der Waals surface area contributed by atoms with Crippen LogP contribution in [0.4, 0.5) is 0 Å². The third kappa shape index (κ3) is 2.80. The molecule has 1 amide bonds. The van der Waals surface area contributed by atoms with Crippen molar-refractivity contribution in [2.75, 3.05) is 0 Å². The molecular formula is C10H8N2O. The smallest absolute Gasteiger partial charge is 0.255 e. The molecule has 1 rings (SSSR count). The molecule has 0 saturated heterocycles. The first-order valence-electron chi connectivity index (χ1n) is 3.75. The quantitative estimate of drug-likeness (QED) is 0.686. The third-order valence-electron chi connectivity index (χ3n) is 1.41. The predicted molar refractivity (Wildman–Crippen MR) is 48.7 cm³/mol. The van der Waals surface area contributed by atoms with Crippen LogP contribution < -0.4 is 5.32 Å². The highest BCUT2D eigenvalue weighted by atomic mass is 16.1. The number of nitriles is 1. The number of allylic oxidation sites excluding steroid dienone is 1. The maximum Gasteiger partial charge on any atom is 0.255 e. The van der Waals surface area contributed by atoms with Gasteiger partial charge in [0.25, 0.3) is 5.91 Å². The molecule has 0 radical (unpaired) electrons. The monoisotopic (exact) mass is 172 g/mol. The summed E-state index contributed by atoms with van der Waals surface area (Å²) in [5, 5.41) is 10.6. The Balaban J connectivity index is 2.61. The second-order valence-electron chi connectivity index (χ2n) is 2.30. The van der Waals surface area contributed by atoms with Crippen LogP contribution in [0.15, 0.2) is 42.6 Å². The maximum atomic E-state index is 11.2. The van der Waals surface area contributed by atoms with E-state index >= 15 is 0 Å². The van der Waals surface area contributed by atoms with E-state index < -0.39 is 0 Å². The van der Waals surface area contributed by atoms with Crippen LogP contribution in [0.2, 0.25) is 0 Å². The van der Waals surface area contributed by atoms with E-state index in [1.54, 1.807) is 30.3 Å². The fourth-order valence-electron chi connectivity index (χ4n) is 0.827. The zero-order valence-electron chi connectivity index (χ0n) is 6.90. The van der Waals surface area contributed by atoms with Crippen LogP contribution in [0.5, 0.6) is 0 Å². The zero-order valence-corrected chi connectivity index (χ0v) is 6.90. The number of carbonyl (C=O) groups is 1. The molecule has 0 unspecified atom stereocenters. The van der Waals surface area contributed by atoms with E-state index in [9.17, 15) is 4.79 Å². The van der Waals surface area contributed by atoms with Gasteiger partial charge >= 0.3 is 0 Å². The molecule has 0 fully saturated rings. The van der Waals surface area contributed by atoms with Crippen molar-refractivity contribution in [1.29, 1.82) is 5.26 Å². The molecule has 1 N–H and O–H groups in total. The number of carbonyl (C=O) groups excluding carboxylic acids is 1. The van der Waals surface area contributed by atoms with Crippen LogP contribution in [0, 0.1) is 11.3 Å². The van der Waals surface area contributed by atoms with Crippen molar-refractivity contribution in [3.8, 4) is 6.07 Å². The summed E-state index contributed by atoms with van der Waals surface area (Å²) < 4.78 is 0. The molecule has 0 saturated carbocycles. The van der Waals surface area contributed by atoms with E-state index in [2.05, 4.69) is 5.32 Å². The van der Waals surface area contributed by atoms with E-state index in [-0.39, 0.29) is 5.91 Å². The van der Waals surface area contributed by atoms with Crippen molar-refractivity contribution in [1.82, 2.24) is 5.32 Å². The van der Waals surface area contributed by atoms with Gasteiger partial charge in [-0.3, -0.25) is 4.79 Å². The lowest BCUT2D eigenvalue weighted by Gasteiger charge is -1.97. The van der Waals surface area contributed by atoms with Crippen molar-refractivity contribution in [2.24, 2.45) is 0 Å². The minimum Gasteiger partial charge on any atom is -0.328 e. The average molecular weight is 172 g/mol. The van der Waals surface area contributed by atoms with Gasteiger partial charge in [-0.15, -0.1) is 0 Å². The van der Waals surface area contributed by atoms with Gasteiger partial charge < -0.3 is 5.32 Å². The molecule has 0 bridgehead atoms. The first-order valence-corrected chi connectivity index (χ1v) is 3.75. The SMILES string of the molecule is N#C/C=C/NC(=O)c1ccccc1. The summed E-state index contributed by atoms with van der Waals surface area (Å²) in [5.74, 6) is -0.216. The second-order valence-corrected chi connectivity index (χ2v) is 2.30. The largest absolute Gasteiger partial charge is 0.328 e. The molecule has 0 atom stereocenters. The maximum absolute atomic E-state index is 11.2. The Hall–Kier alpha value is -2.08. The molecule has 64 valence electrons. The summed E-state index contributed by atoms with van der Waals surface area (Å²) in [6.45, 7) is 0. The minimum absolute atomic E-state index is 0.216. The Morgan fingerprint density at radius 1 is 1.38 bits per heavy atom. The summed E-state index contributed by atoms with van der Waals surface area (Å²) in [6, 6.07) is 10.6. The Bertz CT molecular complexity index is 349. The lowest BCUT2D eigenvalue weighted by Crippen LogP contribution is -2.16. The highest BCUT2D eigenvalue weighted by molar-refractivity contribution is 5.94. The van der Waals surface area contributed by atoms with Gasteiger partial charge in [0.1, 0.15) is 0 Å². The molecule has 3 nitrogen and oxygen atoms in total. The lowest BCUT2D eigenvalue weighted by atomic mass is 10.2. The zero-order chi connectivity index (χ0) is 9.52. The number of amides is 1. The molecule has 0 spiro atoms. The number of hydrogen-bond donors (Lipinski definition) is 1. The van der Waals surface area contributed by atoms with E-state index in [0.29, 0.717) is 5.56 Å². The van der Waals surface area contributed by atoms with E-state index in [4.69, 9.17) is 5.26 Å². The van der Waals surface area contributed by atoms with Crippen LogP contribution in [-0.4, -0.2) is 5.91 Å². The van der Waals surface area contributed by atoms with Gasteiger partial charge in [-0.2, -0.15) is 5.26 Å². The average Bonchev–Trinajstić information content (AvgIpc) is 2.19. The van der Waals surface area contributed by atoms with Crippen LogP contribution >= 0.6 is 0 Å². The minimum atomic E-state index is -0.216. The van der Waals surface area contributed by atoms with Gasteiger partial charge in [0.15, 0.2) is 0 Å². The summed E-state index contributed by atoms with van der Waals surface area (Å²) in [6.07, 6.45) is 2.52. The molecule has 0 aliphatic rings. The Morgan fingerprint density at radius 2 is 2.08 bits per heavy atom. The lowest BCUT2D eigenvalue weighted by molar-refractivity contribution is 0.0970. The summed E-state index contributed by atoms with van der Waals surface area (Å²) in [5.41, 5.74) is 0.574. The van der Waals surface area contributed by atoms with Crippen molar-refractivity contribution in [2.45, 2.75) is 0 Å². The van der Waals surface area contributed by atoms with Crippen molar-refractivity contribution in [3.05, 3.63) is 48.2 Å². The van der Waals surface area contributed by atoms with Crippen LogP contribution in [0.25, 0.3) is 0 Å². The van der Waals surface area contributed by atoms with E-state index in [0.717, 1.165) is 0 Å². The summed E-state index contributed by atoms with van der Waals surface area (Å²) in [4.78, 5) is 11.2. The fourth-order valence-corrected chi connectivity index (χ4v) is 0.827. The Kier molecular flexibility index (Phi) is 3.28. The topological polar surface area (TPSA) is 52.9 Å². The van der Waals surface area contributed by atoms with E-state index in [1.165, 1.54) is 12.3 Å². The van der Waals surface area contributed by atoms with Crippen LogP contribution in [0.1, 0.15) is 10.4 Å². The Morgan fingerprint density at radius 3 is 2.69 bits per heavy atom. The van der Waals surface area contributed by atoms with Gasteiger partial charge in [-0.05, 0) is 12.1 Å². The normalized spacial score (nSPS) is 9.46. The summed E-state index contributed by atoms with van der Waals surface area (Å²) >= 11 is 0. The number of rotatable bonds is 2. The first-order chi connectivity index (χ1) is 6.34. The van der Waals surface area contributed by atoms with Gasteiger partial charge in [0.05, 0.1) is 6.07 Å². The number of hydrogen-bond acceptors (Lipinski definition) is 2. The molecule has 0 aliphatic heterocycles. The number of nitrogens with zero attached hydrogens (tertiary/aromatic N) is 1. The van der Waals surface area contributed by atoms with Crippen molar-refractivity contribution >= 4 is 5.91 Å². The van der Waals surface area contributed by atoms with Gasteiger partial charge in [-0.25, -0.2) is 0 Å². The molecule has 0 aromatic heterocycles. The Labute approximate surface area is 76.3 Å². The molecule has 0 aliphatic carbocycles. The van der Waals surface area contributed by atoms with Crippen molar-refractivity contribution in [3.63, 3.8) is 0 Å². The highest BCUT2D eigenvalue weighted by Gasteiger charge is 1.99. The van der Waals surface area contributed by atoms with Gasteiger partial charge in [0.2, 0.25) is 0 Å². The molecule has 3 heteroatoms. The standard InChI is InChI=1S/C10H8N2O/c11-7-4-8-12-10(13)9-5-2-1-3-6-9/h1-6,8H,(H,12,13)/b8-4+. The molecule has 1 aromatic carbocycles. The van der Waals surface area contributed by atoms with E-state index in [1.807, 2.05) is 6.07 Å². The number of nitrogens with one attached hydrogen (secondary N) is 1. The van der Waals surface area contributed by atoms with Crippen LogP contribution in [0.3, 0.4) is 0 Å². The van der Waals surface area contributed by atoms with Gasteiger partial charge in [0, 0.05) is 17.8 Å². The van der Waals surface area contributed by atoms with Crippen molar-refractivity contribution < 1.29 is 4.79 Å². The van der Waals surface area contributed by atoms with Gasteiger partial charge in [-0.1, -0.05) is 18.2 Å². The molecule has 1 aromatic rings. The molecule has 0 heterocycles. The summed E-state index contributed by atoms with van der Waals surface area (Å²) in [7, 11) is 0. The van der Waals surface area contributed by atoms with Crippen LogP contribution in [-0.2, 0) is 0 Å². The predicted octanol–water partition coefficient (Wildman–Crippen LogP) is 1.45. The molecule has 13 heavy (non-hydrogen) atoms. The molecular weight excluding hydrogens is 164 g/mol. The number of benzene rings is 1. The fraction of sp³-hybridized carbons (Fsp3) is 0. The first kappa shape index (κ1) is 9.01. The second kappa shape index (κ2) is 4.73. The highest BCUT2D eigenvalue weighted by Crippen LogP contribution is 1.97. The third-order valence-corrected chi connectivity index (χ3v) is 1.41.